The van der Waals surface area contributed by atoms with Gasteiger partial charge in [0.25, 0.3) is 0 Å². The molecule has 1 heterocycles. The van der Waals surface area contributed by atoms with Crippen molar-refractivity contribution in [2.24, 2.45) is 0 Å². The Hall–Kier alpha value is -0.720. The molecule has 0 aliphatic rings. The van der Waals surface area contributed by atoms with Crippen molar-refractivity contribution in [1.29, 1.82) is 0 Å². The lowest BCUT2D eigenvalue weighted by Crippen LogP contribution is -1.82. The Balaban J connectivity index is 2.85. The highest BCUT2D eigenvalue weighted by Gasteiger charge is 1.99. The molecule has 0 saturated heterocycles. The van der Waals surface area contributed by atoms with Gasteiger partial charge in [0.15, 0.2) is 6.26 Å². The lowest BCUT2D eigenvalue weighted by atomic mass is 10.1. The Labute approximate surface area is 55.7 Å². The molecule has 0 saturated carbocycles. The Morgan fingerprint density at radius 3 is 2.67 bits per heavy atom. The molecule has 0 fully saturated rings. The Bertz CT molecular complexity index is 158. The van der Waals surface area contributed by atoms with E-state index in [1.807, 2.05) is 0 Å². The molecule has 0 N–H and O–H groups in total. The van der Waals surface area contributed by atoms with Crippen molar-refractivity contribution in [2.75, 3.05) is 0 Å². The van der Waals surface area contributed by atoms with Crippen LogP contribution in [0.25, 0.3) is 0 Å². The summed E-state index contributed by atoms with van der Waals surface area (Å²) in [6.07, 6.45) is 6.69. The molecule has 0 unspecified atom stereocenters. The van der Waals surface area contributed by atoms with Crippen LogP contribution in [0.15, 0.2) is 10.7 Å². The maximum absolute atomic E-state index is 4.90. The zero-order valence-corrected chi connectivity index (χ0v) is 5.90. The van der Waals surface area contributed by atoms with Crippen molar-refractivity contribution in [2.45, 2.75) is 26.7 Å². The van der Waals surface area contributed by atoms with E-state index in [-0.39, 0.29) is 0 Å². The third-order valence-corrected chi connectivity index (χ3v) is 1.51. The lowest BCUT2D eigenvalue weighted by Gasteiger charge is -1.90. The van der Waals surface area contributed by atoms with E-state index in [4.69, 9.17) is 4.42 Å². The minimum atomic E-state index is 1.03. The highest BCUT2D eigenvalue weighted by Crippen LogP contribution is 2.09. The molecular formula is C8H11O. The topological polar surface area (TPSA) is 13.1 Å². The molecule has 0 aliphatic heterocycles. The smallest absolute Gasteiger partial charge is 0.172 e. The van der Waals surface area contributed by atoms with Crippen LogP contribution in [-0.2, 0) is 12.8 Å². The van der Waals surface area contributed by atoms with Crippen LogP contribution in [0.3, 0.4) is 0 Å². The number of rotatable bonds is 2. The first-order chi connectivity index (χ1) is 4.38. The summed E-state index contributed by atoms with van der Waals surface area (Å²) >= 11 is 0. The summed E-state index contributed by atoms with van der Waals surface area (Å²) in [5.74, 6) is 0. The fraction of sp³-hybridized carbons (Fsp3) is 0.500. The molecule has 0 aromatic carbocycles. The minimum absolute atomic E-state index is 1.03. The highest BCUT2D eigenvalue weighted by atomic mass is 16.3. The first-order valence-electron chi connectivity index (χ1n) is 3.35. The van der Waals surface area contributed by atoms with E-state index < -0.39 is 0 Å². The van der Waals surface area contributed by atoms with Crippen LogP contribution in [0.5, 0.6) is 0 Å². The maximum Gasteiger partial charge on any atom is 0.172 e. The van der Waals surface area contributed by atoms with Gasteiger partial charge in [-0.3, -0.25) is 0 Å². The summed E-state index contributed by atoms with van der Waals surface area (Å²) in [5.41, 5.74) is 2.51. The largest absolute Gasteiger partial charge is 0.460 e. The first-order valence-corrected chi connectivity index (χ1v) is 3.35. The molecule has 49 valence electrons. The molecule has 0 aliphatic carbocycles. The van der Waals surface area contributed by atoms with Crippen LogP contribution in [0.1, 0.15) is 25.0 Å². The molecule has 0 amide bonds. The SMILES string of the molecule is CCc1[c]occ1CC. The first kappa shape index (κ1) is 6.40. The van der Waals surface area contributed by atoms with E-state index in [1.165, 1.54) is 11.1 Å². The molecule has 1 heteroatoms. The summed E-state index contributed by atoms with van der Waals surface area (Å²) < 4.78 is 4.90. The van der Waals surface area contributed by atoms with E-state index in [9.17, 15) is 0 Å². The molecule has 1 aromatic rings. The molecule has 0 bridgehead atoms. The molecule has 1 rings (SSSR count). The highest BCUT2D eigenvalue weighted by molar-refractivity contribution is 5.19. The summed E-state index contributed by atoms with van der Waals surface area (Å²) in [4.78, 5) is 0. The van der Waals surface area contributed by atoms with Crippen LogP contribution in [-0.4, -0.2) is 0 Å². The Morgan fingerprint density at radius 1 is 1.44 bits per heavy atom. The van der Waals surface area contributed by atoms with Gasteiger partial charge in [-0.2, -0.15) is 0 Å². The lowest BCUT2D eigenvalue weighted by molar-refractivity contribution is 0.552. The van der Waals surface area contributed by atoms with Crippen LogP contribution >= 0.6 is 0 Å². The maximum atomic E-state index is 4.90. The van der Waals surface area contributed by atoms with E-state index in [0.29, 0.717) is 0 Å². The standard InChI is InChI=1S/C8H11O/c1-3-7-5-9-6-8(7)4-2/h5H,3-4H2,1-2H3. The molecule has 1 nitrogen and oxygen atoms in total. The summed E-state index contributed by atoms with van der Waals surface area (Å²) in [6.45, 7) is 4.23. The zero-order valence-electron chi connectivity index (χ0n) is 5.90. The molecule has 0 atom stereocenters. The van der Waals surface area contributed by atoms with Crippen molar-refractivity contribution in [3.05, 3.63) is 23.7 Å². The number of hydrogen-bond acceptors (Lipinski definition) is 1. The van der Waals surface area contributed by atoms with Gasteiger partial charge < -0.3 is 4.42 Å². The Kier molecular flexibility index (Phi) is 1.93. The predicted octanol–water partition coefficient (Wildman–Crippen LogP) is 2.20. The van der Waals surface area contributed by atoms with Gasteiger partial charge in [0.05, 0.1) is 6.26 Å². The average Bonchev–Trinajstić information content (AvgIpc) is 2.33. The fourth-order valence-corrected chi connectivity index (χ4v) is 0.904. The van der Waals surface area contributed by atoms with Crippen LogP contribution in [0, 0.1) is 6.26 Å². The average molecular weight is 123 g/mol. The summed E-state index contributed by atoms with van der Waals surface area (Å²) in [5, 5.41) is 0. The molecular weight excluding hydrogens is 112 g/mol. The van der Waals surface area contributed by atoms with Gasteiger partial charge >= 0.3 is 0 Å². The molecule has 0 spiro atoms. The fourth-order valence-electron chi connectivity index (χ4n) is 0.904. The second-order valence-corrected chi connectivity index (χ2v) is 2.05. The van der Waals surface area contributed by atoms with E-state index in [2.05, 4.69) is 20.1 Å². The molecule has 1 radical (unpaired) electrons. The third-order valence-electron chi connectivity index (χ3n) is 1.51. The third kappa shape index (κ3) is 1.15. The van der Waals surface area contributed by atoms with Gasteiger partial charge in [-0.25, -0.2) is 0 Å². The van der Waals surface area contributed by atoms with E-state index in [1.54, 1.807) is 6.26 Å². The predicted molar refractivity (Wildman–Crippen MR) is 36.3 cm³/mol. The zero-order chi connectivity index (χ0) is 6.69. The van der Waals surface area contributed by atoms with E-state index in [0.717, 1.165) is 12.8 Å². The van der Waals surface area contributed by atoms with Crippen molar-refractivity contribution >= 4 is 0 Å². The molecule has 9 heavy (non-hydrogen) atoms. The monoisotopic (exact) mass is 123 g/mol. The van der Waals surface area contributed by atoms with Crippen molar-refractivity contribution < 1.29 is 4.42 Å². The van der Waals surface area contributed by atoms with Crippen molar-refractivity contribution in [3.8, 4) is 0 Å². The van der Waals surface area contributed by atoms with Gasteiger partial charge in [0.1, 0.15) is 0 Å². The van der Waals surface area contributed by atoms with Crippen LogP contribution in [0.2, 0.25) is 0 Å². The second kappa shape index (κ2) is 2.72. The normalized spacial score (nSPS) is 10.0. The van der Waals surface area contributed by atoms with Gasteiger partial charge in [0.2, 0.25) is 0 Å². The number of aryl methyl sites for hydroxylation is 2. The minimum Gasteiger partial charge on any atom is -0.460 e. The summed E-state index contributed by atoms with van der Waals surface area (Å²) in [6, 6.07) is 0. The second-order valence-electron chi connectivity index (χ2n) is 2.05. The van der Waals surface area contributed by atoms with E-state index >= 15 is 0 Å². The number of furan rings is 1. The van der Waals surface area contributed by atoms with Crippen LogP contribution in [0.4, 0.5) is 0 Å². The van der Waals surface area contributed by atoms with Gasteiger partial charge in [-0.05, 0) is 18.4 Å². The number of hydrogen-bond donors (Lipinski definition) is 0. The van der Waals surface area contributed by atoms with Crippen molar-refractivity contribution in [3.63, 3.8) is 0 Å². The quantitative estimate of drug-likeness (QED) is 0.587. The van der Waals surface area contributed by atoms with Crippen molar-refractivity contribution in [1.82, 2.24) is 0 Å². The van der Waals surface area contributed by atoms with Gasteiger partial charge in [-0.1, -0.05) is 13.8 Å². The Morgan fingerprint density at radius 2 is 2.22 bits per heavy atom. The van der Waals surface area contributed by atoms with Crippen LogP contribution < -0.4 is 0 Å². The molecule has 1 aromatic heterocycles. The van der Waals surface area contributed by atoms with Gasteiger partial charge in [0, 0.05) is 5.56 Å². The summed E-state index contributed by atoms with van der Waals surface area (Å²) in [7, 11) is 0. The van der Waals surface area contributed by atoms with Gasteiger partial charge in [-0.15, -0.1) is 0 Å².